The Balaban J connectivity index is 3.70. The van der Waals surface area contributed by atoms with Crippen LogP contribution in [0.4, 0.5) is 4.79 Å². The van der Waals surface area contributed by atoms with Gasteiger partial charge < -0.3 is 10.1 Å². The summed E-state index contributed by atoms with van der Waals surface area (Å²) in [5.74, 6) is 0. The summed E-state index contributed by atoms with van der Waals surface area (Å²) in [5.41, 5.74) is 2.62. The van der Waals surface area contributed by atoms with Crippen molar-refractivity contribution in [3.8, 4) is 0 Å². The molecule has 86 valence electrons. The number of ether oxygens (including phenoxy) is 1. The van der Waals surface area contributed by atoms with Gasteiger partial charge in [0.25, 0.3) is 0 Å². The summed E-state index contributed by atoms with van der Waals surface area (Å²) in [6, 6.07) is 0. The van der Waals surface area contributed by atoms with Crippen LogP contribution in [0.25, 0.3) is 0 Å². The first-order valence-electron chi connectivity index (χ1n) is 5.17. The maximum Gasteiger partial charge on any atom is 0.407 e. The number of hydrogen-bond donors (Lipinski definition) is 1. The summed E-state index contributed by atoms with van der Waals surface area (Å²) < 4.78 is 4.46. The lowest BCUT2D eigenvalue weighted by Crippen LogP contribution is -2.22. The van der Waals surface area contributed by atoms with Crippen LogP contribution in [0.3, 0.4) is 0 Å². The fourth-order valence-electron chi connectivity index (χ4n) is 1.07. The lowest BCUT2D eigenvalue weighted by atomic mass is 10.1. The molecule has 0 spiro atoms. The van der Waals surface area contributed by atoms with E-state index in [2.05, 4.69) is 36.9 Å². The molecular weight excluding hydrogens is 190 g/mol. The molecule has 15 heavy (non-hydrogen) atoms. The SMILES string of the molecule is COC(=O)NCC=C(C)CCC=C(C)C. The van der Waals surface area contributed by atoms with Crippen molar-refractivity contribution in [3.63, 3.8) is 0 Å². The molecule has 0 aliphatic carbocycles. The zero-order chi connectivity index (χ0) is 11.7. The Morgan fingerprint density at radius 1 is 1.27 bits per heavy atom. The van der Waals surface area contributed by atoms with Gasteiger partial charge in [0, 0.05) is 6.54 Å². The van der Waals surface area contributed by atoms with E-state index in [1.807, 2.05) is 6.08 Å². The van der Waals surface area contributed by atoms with Crippen molar-refractivity contribution in [2.24, 2.45) is 0 Å². The van der Waals surface area contributed by atoms with Gasteiger partial charge in [0.05, 0.1) is 7.11 Å². The van der Waals surface area contributed by atoms with Gasteiger partial charge in [-0.1, -0.05) is 23.3 Å². The van der Waals surface area contributed by atoms with Crippen molar-refractivity contribution in [2.45, 2.75) is 33.6 Å². The van der Waals surface area contributed by atoms with Crippen molar-refractivity contribution in [3.05, 3.63) is 23.3 Å². The molecule has 0 aromatic rings. The Kier molecular flexibility index (Phi) is 7.42. The number of hydrogen-bond acceptors (Lipinski definition) is 2. The molecule has 0 unspecified atom stereocenters. The number of amides is 1. The Bertz CT molecular complexity index is 250. The van der Waals surface area contributed by atoms with Crippen LogP contribution in [-0.2, 0) is 4.74 Å². The van der Waals surface area contributed by atoms with E-state index in [1.165, 1.54) is 18.3 Å². The van der Waals surface area contributed by atoms with E-state index in [-0.39, 0.29) is 6.09 Å². The van der Waals surface area contributed by atoms with E-state index in [9.17, 15) is 4.79 Å². The molecular formula is C12H21NO2. The van der Waals surface area contributed by atoms with Gasteiger partial charge in [-0.3, -0.25) is 0 Å². The average molecular weight is 211 g/mol. The Hall–Kier alpha value is -1.25. The summed E-state index contributed by atoms with van der Waals surface area (Å²) >= 11 is 0. The molecule has 0 bridgehead atoms. The zero-order valence-corrected chi connectivity index (χ0v) is 10.1. The quantitative estimate of drug-likeness (QED) is 0.710. The maximum absolute atomic E-state index is 10.7. The first kappa shape index (κ1) is 13.8. The molecule has 0 heterocycles. The molecule has 1 amide bonds. The van der Waals surface area contributed by atoms with Crippen LogP contribution in [-0.4, -0.2) is 19.7 Å². The van der Waals surface area contributed by atoms with Gasteiger partial charge in [-0.15, -0.1) is 0 Å². The number of rotatable bonds is 5. The van der Waals surface area contributed by atoms with Gasteiger partial charge in [0.15, 0.2) is 0 Å². The predicted octanol–water partition coefficient (Wildman–Crippen LogP) is 3.04. The van der Waals surface area contributed by atoms with Crippen LogP contribution < -0.4 is 5.32 Å². The van der Waals surface area contributed by atoms with Gasteiger partial charge in [0.1, 0.15) is 0 Å². The summed E-state index contributed by atoms with van der Waals surface area (Å²) in [6.07, 6.45) is 5.93. The molecule has 0 aromatic carbocycles. The molecule has 0 radical (unpaired) electrons. The standard InChI is InChI=1S/C12H21NO2/c1-10(2)6-5-7-11(3)8-9-13-12(14)15-4/h6,8H,5,7,9H2,1-4H3,(H,13,14). The van der Waals surface area contributed by atoms with Crippen molar-refractivity contribution < 1.29 is 9.53 Å². The number of alkyl carbamates (subject to hydrolysis) is 1. The third kappa shape index (κ3) is 9.06. The molecule has 3 heteroatoms. The second kappa shape index (κ2) is 8.09. The van der Waals surface area contributed by atoms with Crippen molar-refractivity contribution in [2.75, 3.05) is 13.7 Å². The van der Waals surface area contributed by atoms with Gasteiger partial charge in [0.2, 0.25) is 0 Å². The summed E-state index contributed by atoms with van der Waals surface area (Å²) in [5, 5.41) is 2.61. The lowest BCUT2D eigenvalue weighted by Gasteiger charge is -2.01. The number of allylic oxidation sites excluding steroid dienone is 3. The molecule has 0 saturated carbocycles. The summed E-state index contributed by atoms with van der Waals surface area (Å²) in [7, 11) is 1.36. The molecule has 0 saturated heterocycles. The molecule has 3 nitrogen and oxygen atoms in total. The fraction of sp³-hybridized carbons (Fsp3) is 0.583. The van der Waals surface area contributed by atoms with Crippen LogP contribution in [0.1, 0.15) is 33.6 Å². The fourth-order valence-corrected chi connectivity index (χ4v) is 1.07. The minimum atomic E-state index is -0.386. The highest BCUT2D eigenvalue weighted by Gasteiger charge is 1.94. The number of methoxy groups -OCH3 is 1. The maximum atomic E-state index is 10.7. The second-order valence-electron chi connectivity index (χ2n) is 3.74. The smallest absolute Gasteiger partial charge is 0.407 e. The van der Waals surface area contributed by atoms with Crippen molar-refractivity contribution >= 4 is 6.09 Å². The Labute approximate surface area is 92.2 Å². The van der Waals surface area contributed by atoms with Crippen molar-refractivity contribution in [1.29, 1.82) is 0 Å². The van der Waals surface area contributed by atoms with Gasteiger partial charge in [-0.25, -0.2) is 4.79 Å². The van der Waals surface area contributed by atoms with Crippen LogP contribution in [0.2, 0.25) is 0 Å². The third-order valence-electron chi connectivity index (χ3n) is 1.97. The normalized spacial score (nSPS) is 10.8. The first-order chi connectivity index (χ1) is 7.06. The molecule has 1 N–H and O–H groups in total. The van der Waals surface area contributed by atoms with Crippen LogP contribution in [0, 0.1) is 0 Å². The van der Waals surface area contributed by atoms with Crippen LogP contribution >= 0.6 is 0 Å². The van der Waals surface area contributed by atoms with Gasteiger partial charge >= 0.3 is 6.09 Å². The third-order valence-corrected chi connectivity index (χ3v) is 1.97. The van der Waals surface area contributed by atoms with E-state index in [0.717, 1.165) is 12.8 Å². The van der Waals surface area contributed by atoms with Crippen molar-refractivity contribution in [1.82, 2.24) is 5.32 Å². The van der Waals surface area contributed by atoms with Crippen LogP contribution in [0.15, 0.2) is 23.3 Å². The number of nitrogens with one attached hydrogen (secondary N) is 1. The Morgan fingerprint density at radius 2 is 1.93 bits per heavy atom. The number of carbonyl (C=O) groups is 1. The topological polar surface area (TPSA) is 38.3 Å². The molecule has 0 aromatic heterocycles. The van der Waals surface area contributed by atoms with E-state index in [0.29, 0.717) is 6.54 Å². The van der Waals surface area contributed by atoms with Gasteiger partial charge in [-0.2, -0.15) is 0 Å². The average Bonchev–Trinajstić information content (AvgIpc) is 2.17. The second-order valence-corrected chi connectivity index (χ2v) is 3.74. The highest BCUT2D eigenvalue weighted by atomic mass is 16.5. The molecule has 0 aliphatic rings. The summed E-state index contributed by atoms with van der Waals surface area (Å²) in [6.45, 7) is 6.79. The first-order valence-corrected chi connectivity index (χ1v) is 5.17. The molecule has 0 atom stereocenters. The van der Waals surface area contributed by atoms with E-state index < -0.39 is 0 Å². The van der Waals surface area contributed by atoms with E-state index in [4.69, 9.17) is 0 Å². The minimum Gasteiger partial charge on any atom is -0.453 e. The van der Waals surface area contributed by atoms with E-state index >= 15 is 0 Å². The zero-order valence-electron chi connectivity index (χ0n) is 10.1. The molecule has 0 aliphatic heterocycles. The predicted molar refractivity (Wildman–Crippen MR) is 62.8 cm³/mol. The highest BCUT2D eigenvalue weighted by molar-refractivity contribution is 5.67. The summed E-state index contributed by atoms with van der Waals surface area (Å²) in [4.78, 5) is 10.7. The Morgan fingerprint density at radius 3 is 2.47 bits per heavy atom. The molecule has 0 fully saturated rings. The lowest BCUT2D eigenvalue weighted by molar-refractivity contribution is 0.172. The largest absolute Gasteiger partial charge is 0.453 e. The van der Waals surface area contributed by atoms with Gasteiger partial charge in [-0.05, 0) is 33.6 Å². The molecule has 0 rings (SSSR count). The minimum absolute atomic E-state index is 0.386. The van der Waals surface area contributed by atoms with Crippen LogP contribution in [0.5, 0.6) is 0 Å². The number of carbonyl (C=O) groups excluding carboxylic acids is 1. The van der Waals surface area contributed by atoms with E-state index in [1.54, 1.807) is 0 Å². The highest BCUT2D eigenvalue weighted by Crippen LogP contribution is 2.05. The monoisotopic (exact) mass is 211 g/mol.